The number of ether oxygens (including phenoxy) is 2. The molecular formula is C29H23ClF4O2. The van der Waals surface area contributed by atoms with Crippen LogP contribution in [0.2, 0.25) is 5.02 Å². The zero-order valence-electron chi connectivity index (χ0n) is 19.4. The van der Waals surface area contributed by atoms with Gasteiger partial charge < -0.3 is 9.47 Å². The Morgan fingerprint density at radius 3 is 1.53 bits per heavy atom. The number of aryl methyl sites for hydroxylation is 1. The average molecular weight is 515 g/mol. The molecule has 36 heavy (non-hydrogen) atoms. The van der Waals surface area contributed by atoms with E-state index < -0.39 is 23.0 Å². The highest BCUT2D eigenvalue weighted by atomic mass is 35.5. The molecule has 0 aromatic heterocycles. The first kappa shape index (κ1) is 25.6. The minimum Gasteiger partial charge on any atom is -0.489 e. The Balaban J connectivity index is 1.50. The summed E-state index contributed by atoms with van der Waals surface area (Å²) in [7, 11) is 0. The molecule has 4 rings (SSSR count). The minimum absolute atomic E-state index is 0.124. The van der Waals surface area contributed by atoms with Gasteiger partial charge in [0.2, 0.25) is 0 Å². The topological polar surface area (TPSA) is 18.5 Å². The van der Waals surface area contributed by atoms with Crippen LogP contribution in [0.1, 0.15) is 27.8 Å². The molecule has 4 aromatic rings. The van der Waals surface area contributed by atoms with Crippen molar-refractivity contribution in [2.75, 3.05) is 0 Å². The van der Waals surface area contributed by atoms with Gasteiger partial charge in [-0.2, -0.15) is 17.6 Å². The second-order valence-electron chi connectivity index (χ2n) is 8.32. The van der Waals surface area contributed by atoms with Gasteiger partial charge in [-0.05, 0) is 60.0 Å². The highest BCUT2D eigenvalue weighted by molar-refractivity contribution is 6.32. The van der Waals surface area contributed by atoms with Gasteiger partial charge in [0.1, 0.15) is 24.7 Å². The normalized spacial score (nSPS) is 11.8. The molecule has 0 aliphatic heterocycles. The van der Waals surface area contributed by atoms with Crippen molar-refractivity contribution in [3.05, 3.63) is 130 Å². The lowest BCUT2D eigenvalue weighted by Gasteiger charge is -2.28. The molecule has 0 heterocycles. The van der Waals surface area contributed by atoms with E-state index in [-0.39, 0.29) is 24.0 Å². The van der Waals surface area contributed by atoms with E-state index in [9.17, 15) is 0 Å². The van der Waals surface area contributed by atoms with Crippen LogP contribution >= 0.6 is 11.6 Å². The van der Waals surface area contributed by atoms with Crippen LogP contribution in [-0.4, -0.2) is 0 Å². The first-order chi connectivity index (χ1) is 17.2. The van der Waals surface area contributed by atoms with Crippen LogP contribution < -0.4 is 9.47 Å². The van der Waals surface area contributed by atoms with E-state index >= 15 is 17.6 Å². The van der Waals surface area contributed by atoms with Crippen LogP contribution in [0.5, 0.6) is 11.5 Å². The van der Waals surface area contributed by atoms with E-state index in [0.29, 0.717) is 11.3 Å². The van der Waals surface area contributed by atoms with Gasteiger partial charge in [0, 0.05) is 11.1 Å². The maximum Gasteiger partial charge on any atom is 0.339 e. The molecule has 0 saturated heterocycles. The van der Waals surface area contributed by atoms with E-state index in [2.05, 4.69) is 0 Å². The number of benzene rings is 4. The lowest BCUT2D eigenvalue weighted by molar-refractivity contribution is -0.223. The summed E-state index contributed by atoms with van der Waals surface area (Å²) >= 11 is 6.11. The van der Waals surface area contributed by atoms with Crippen LogP contribution in [-0.2, 0) is 25.1 Å². The van der Waals surface area contributed by atoms with Crippen molar-refractivity contribution in [1.82, 2.24) is 0 Å². The number of rotatable bonds is 9. The molecule has 0 N–H and O–H groups in total. The van der Waals surface area contributed by atoms with Gasteiger partial charge in [0.05, 0.1) is 5.02 Å². The van der Waals surface area contributed by atoms with Gasteiger partial charge in [-0.15, -0.1) is 0 Å². The molecule has 7 heteroatoms. The molecule has 0 aliphatic rings. The SMILES string of the molecule is Cc1cc(C(F)(F)C(F)(F)c2ccc(OCc3ccccc3)c(Cl)c2)ccc1OCc1ccccc1. The highest BCUT2D eigenvalue weighted by Gasteiger charge is 2.58. The predicted molar refractivity (Wildman–Crippen MR) is 132 cm³/mol. The molecule has 0 fully saturated rings. The van der Waals surface area contributed by atoms with Crippen LogP contribution in [0.15, 0.2) is 97.1 Å². The molecule has 4 aromatic carbocycles. The summed E-state index contributed by atoms with van der Waals surface area (Å²) in [5.74, 6) is -8.55. The zero-order chi connectivity index (χ0) is 25.8. The Morgan fingerprint density at radius 2 is 1.06 bits per heavy atom. The van der Waals surface area contributed by atoms with Gasteiger partial charge >= 0.3 is 11.8 Å². The molecule has 0 unspecified atom stereocenters. The minimum atomic E-state index is -4.52. The molecule has 0 bridgehead atoms. The standard InChI is InChI=1S/C29H23ClF4O2/c1-20-16-23(12-14-26(20)35-18-21-8-4-2-5-9-21)28(31,32)29(33,34)24-13-15-27(25(30)17-24)36-19-22-10-6-3-7-11-22/h2-17H,18-19H2,1H3. The van der Waals surface area contributed by atoms with Crippen LogP contribution in [0.3, 0.4) is 0 Å². The molecule has 0 atom stereocenters. The summed E-state index contributed by atoms with van der Waals surface area (Å²) in [6.45, 7) is 1.92. The number of halogens is 5. The maximum atomic E-state index is 15.1. The summed E-state index contributed by atoms with van der Waals surface area (Å²) in [5, 5.41) is -0.181. The summed E-state index contributed by atoms with van der Waals surface area (Å²) in [6, 6.07) is 24.6. The summed E-state index contributed by atoms with van der Waals surface area (Å²) in [4.78, 5) is 0. The fraction of sp³-hybridized carbons (Fsp3) is 0.172. The van der Waals surface area contributed by atoms with E-state index in [4.69, 9.17) is 21.1 Å². The van der Waals surface area contributed by atoms with Crippen molar-refractivity contribution in [2.45, 2.75) is 32.0 Å². The van der Waals surface area contributed by atoms with Gasteiger partial charge in [-0.1, -0.05) is 72.3 Å². The van der Waals surface area contributed by atoms with E-state index in [1.165, 1.54) is 19.1 Å². The molecule has 0 radical (unpaired) electrons. The number of alkyl halides is 4. The average Bonchev–Trinajstić information content (AvgIpc) is 2.88. The van der Waals surface area contributed by atoms with Crippen molar-refractivity contribution in [2.24, 2.45) is 0 Å². The third-order valence-corrected chi connectivity index (χ3v) is 6.00. The van der Waals surface area contributed by atoms with Gasteiger partial charge in [0.25, 0.3) is 0 Å². The summed E-state index contributed by atoms with van der Waals surface area (Å²) < 4.78 is 71.7. The van der Waals surface area contributed by atoms with Crippen LogP contribution in [0.4, 0.5) is 17.6 Å². The smallest absolute Gasteiger partial charge is 0.339 e. The van der Waals surface area contributed by atoms with Crippen molar-refractivity contribution in [3.8, 4) is 11.5 Å². The Kier molecular flexibility index (Phi) is 7.55. The van der Waals surface area contributed by atoms with Crippen molar-refractivity contribution in [3.63, 3.8) is 0 Å². The van der Waals surface area contributed by atoms with Gasteiger partial charge in [-0.3, -0.25) is 0 Å². The summed E-state index contributed by atoms with van der Waals surface area (Å²) in [5.41, 5.74) is 0.331. The van der Waals surface area contributed by atoms with Crippen molar-refractivity contribution < 1.29 is 27.0 Å². The Bertz CT molecular complexity index is 1210. The second-order valence-corrected chi connectivity index (χ2v) is 8.73. The van der Waals surface area contributed by atoms with Crippen molar-refractivity contribution in [1.29, 1.82) is 0 Å². The second kappa shape index (κ2) is 10.6. The van der Waals surface area contributed by atoms with Crippen LogP contribution in [0, 0.1) is 6.92 Å². The molecular weight excluding hydrogens is 492 g/mol. The Morgan fingerprint density at radius 1 is 0.611 bits per heavy atom. The van der Waals surface area contributed by atoms with E-state index in [1.807, 2.05) is 60.7 Å². The fourth-order valence-electron chi connectivity index (χ4n) is 3.65. The first-order valence-corrected chi connectivity index (χ1v) is 11.6. The molecule has 0 aliphatic carbocycles. The quantitative estimate of drug-likeness (QED) is 0.208. The molecule has 0 saturated carbocycles. The van der Waals surface area contributed by atoms with Gasteiger partial charge in [0.15, 0.2) is 0 Å². The Hall–Kier alpha value is -3.51. The molecule has 186 valence electrons. The third-order valence-electron chi connectivity index (χ3n) is 5.70. The monoisotopic (exact) mass is 514 g/mol. The fourth-order valence-corrected chi connectivity index (χ4v) is 3.89. The maximum absolute atomic E-state index is 15.1. The van der Waals surface area contributed by atoms with Crippen molar-refractivity contribution >= 4 is 11.6 Å². The highest BCUT2D eigenvalue weighted by Crippen LogP contribution is 2.51. The van der Waals surface area contributed by atoms with Gasteiger partial charge in [-0.25, -0.2) is 0 Å². The zero-order valence-corrected chi connectivity index (χ0v) is 20.1. The lowest BCUT2D eigenvalue weighted by Crippen LogP contribution is -2.35. The number of hydrogen-bond donors (Lipinski definition) is 0. The van der Waals surface area contributed by atoms with Crippen LogP contribution in [0.25, 0.3) is 0 Å². The predicted octanol–water partition coefficient (Wildman–Crippen LogP) is 8.69. The summed E-state index contributed by atoms with van der Waals surface area (Å²) in [6.07, 6.45) is 0. The van der Waals surface area contributed by atoms with E-state index in [0.717, 1.165) is 35.4 Å². The number of hydrogen-bond acceptors (Lipinski definition) is 2. The Labute approximate surface area is 212 Å². The largest absolute Gasteiger partial charge is 0.489 e. The molecule has 2 nitrogen and oxygen atoms in total. The molecule has 0 spiro atoms. The lowest BCUT2D eigenvalue weighted by atomic mass is 9.94. The molecule has 0 amide bonds. The van der Waals surface area contributed by atoms with E-state index in [1.54, 1.807) is 0 Å². The third kappa shape index (κ3) is 5.49. The first-order valence-electron chi connectivity index (χ1n) is 11.2.